The maximum atomic E-state index is 13.6. The third-order valence-electron chi connectivity index (χ3n) is 2.65. The number of aliphatic hydroxyl groups is 1. The highest BCUT2D eigenvalue weighted by atomic mass is 19.1. The first-order chi connectivity index (χ1) is 8.52. The molecule has 0 aliphatic rings. The van der Waals surface area contributed by atoms with Gasteiger partial charge in [-0.05, 0) is 19.1 Å². The fraction of sp³-hybridized carbons (Fsp3) is 0.231. The quantitative estimate of drug-likeness (QED) is 0.910. The van der Waals surface area contributed by atoms with Gasteiger partial charge in [-0.3, -0.25) is 0 Å². The predicted molar refractivity (Wildman–Crippen MR) is 63.6 cm³/mol. The highest BCUT2D eigenvalue weighted by molar-refractivity contribution is 5.59. The Bertz CT molecular complexity index is 564. The highest BCUT2D eigenvalue weighted by Crippen LogP contribution is 2.24. The molecule has 0 saturated heterocycles. The van der Waals surface area contributed by atoms with Gasteiger partial charge in [0.05, 0.1) is 5.69 Å². The average Bonchev–Trinajstić information content (AvgIpc) is 2.73. The maximum absolute atomic E-state index is 13.6. The Morgan fingerprint density at radius 2 is 2.17 bits per heavy atom. The molecule has 1 aromatic heterocycles. The van der Waals surface area contributed by atoms with Crippen molar-refractivity contribution in [2.45, 2.75) is 19.6 Å². The molecule has 1 atom stereocenters. The third kappa shape index (κ3) is 2.26. The summed E-state index contributed by atoms with van der Waals surface area (Å²) in [5, 5.41) is 9.47. The average molecular weight is 251 g/mol. The lowest BCUT2D eigenvalue weighted by molar-refractivity contribution is 0.148. The van der Waals surface area contributed by atoms with Crippen molar-refractivity contribution >= 4 is 0 Å². The van der Waals surface area contributed by atoms with Gasteiger partial charge in [-0.25, -0.2) is 13.8 Å². The molecule has 2 aromatic rings. The first-order valence-electron chi connectivity index (χ1n) is 5.57. The molecule has 2 rings (SSSR count). The van der Waals surface area contributed by atoms with Crippen molar-refractivity contribution in [1.82, 2.24) is 9.55 Å². The normalized spacial score (nSPS) is 12.7. The van der Waals surface area contributed by atoms with Crippen LogP contribution in [0.5, 0.6) is 0 Å². The SMILES string of the molecule is [CH2]C(O)n1cc(-c2ccc(F)cc2F)nc1CC. The van der Waals surface area contributed by atoms with E-state index in [1.165, 1.54) is 22.9 Å². The van der Waals surface area contributed by atoms with E-state index in [1.807, 2.05) is 6.92 Å². The van der Waals surface area contributed by atoms with Crippen molar-refractivity contribution in [3.05, 3.63) is 48.8 Å². The van der Waals surface area contributed by atoms with Gasteiger partial charge in [0, 0.05) is 24.2 Å². The molecule has 0 amide bonds. The minimum absolute atomic E-state index is 0.200. The monoisotopic (exact) mass is 251 g/mol. The minimum atomic E-state index is -0.982. The molecule has 18 heavy (non-hydrogen) atoms. The standard InChI is InChI=1S/C13H13F2N2O/c1-3-13-16-12(7-17(13)8(2)18)10-5-4-9(14)6-11(10)15/h4-8,18H,2-3H2,1H3. The van der Waals surface area contributed by atoms with Crippen molar-refractivity contribution in [1.29, 1.82) is 0 Å². The Morgan fingerprint density at radius 3 is 2.67 bits per heavy atom. The molecular formula is C13H13F2N2O. The van der Waals surface area contributed by atoms with E-state index in [9.17, 15) is 13.9 Å². The third-order valence-corrected chi connectivity index (χ3v) is 2.65. The van der Waals surface area contributed by atoms with Gasteiger partial charge in [-0.1, -0.05) is 6.92 Å². The van der Waals surface area contributed by atoms with Crippen molar-refractivity contribution in [2.75, 3.05) is 0 Å². The van der Waals surface area contributed by atoms with E-state index < -0.39 is 17.9 Å². The summed E-state index contributed by atoms with van der Waals surface area (Å²) in [6, 6.07) is 3.30. The predicted octanol–water partition coefficient (Wildman–Crippen LogP) is 2.72. The van der Waals surface area contributed by atoms with Gasteiger partial charge in [-0.2, -0.15) is 0 Å². The van der Waals surface area contributed by atoms with E-state index in [-0.39, 0.29) is 5.56 Å². The zero-order valence-electron chi connectivity index (χ0n) is 9.90. The molecule has 1 radical (unpaired) electrons. The zero-order valence-corrected chi connectivity index (χ0v) is 9.90. The summed E-state index contributed by atoms with van der Waals surface area (Å²) in [6.45, 7) is 5.35. The number of benzene rings is 1. The number of nitrogens with zero attached hydrogens (tertiary/aromatic N) is 2. The summed E-state index contributed by atoms with van der Waals surface area (Å²) in [5.74, 6) is -0.722. The number of aryl methyl sites for hydroxylation is 1. The van der Waals surface area contributed by atoms with E-state index in [1.54, 1.807) is 0 Å². The van der Waals surface area contributed by atoms with Crippen LogP contribution in [0.25, 0.3) is 11.3 Å². The molecule has 0 aliphatic carbocycles. The molecule has 1 N–H and O–H groups in total. The van der Waals surface area contributed by atoms with Crippen LogP contribution in [-0.2, 0) is 6.42 Å². The Hall–Kier alpha value is -1.75. The van der Waals surface area contributed by atoms with Gasteiger partial charge in [-0.15, -0.1) is 0 Å². The van der Waals surface area contributed by atoms with Gasteiger partial charge in [0.1, 0.15) is 23.7 Å². The molecular weight excluding hydrogens is 238 g/mol. The number of imidazole rings is 1. The number of halogens is 2. The van der Waals surface area contributed by atoms with Crippen LogP contribution in [0.2, 0.25) is 0 Å². The Morgan fingerprint density at radius 1 is 1.44 bits per heavy atom. The summed E-state index contributed by atoms with van der Waals surface area (Å²) in [4.78, 5) is 4.21. The molecule has 0 aliphatic heterocycles. The van der Waals surface area contributed by atoms with Crippen molar-refractivity contribution in [3.63, 3.8) is 0 Å². The summed E-state index contributed by atoms with van der Waals surface area (Å²) in [6.07, 6.45) is 1.10. The zero-order chi connectivity index (χ0) is 13.3. The van der Waals surface area contributed by atoms with E-state index in [0.29, 0.717) is 17.9 Å². The van der Waals surface area contributed by atoms with E-state index >= 15 is 0 Å². The van der Waals surface area contributed by atoms with Gasteiger partial charge >= 0.3 is 0 Å². The van der Waals surface area contributed by atoms with Crippen molar-refractivity contribution in [2.24, 2.45) is 0 Å². The van der Waals surface area contributed by atoms with Crippen LogP contribution < -0.4 is 0 Å². The molecule has 5 heteroatoms. The molecule has 0 spiro atoms. The second kappa shape index (κ2) is 4.86. The van der Waals surface area contributed by atoms with E-state index in [0.717, 1.165) is 6.07 Å². The summed E-state index contributed by atoms with van der Waals surface area (Å²) in [7, 11) is 0. The van der Waals surface area contributed by atoms with Crippen molar-refractivity contribution in [3.8, 4) is 11.3 Å². The lowest BCUT2D eigenvalue weighted by Crippen LogP contribution is -2.06. The van der Waals surface area contributed by atoms with Crippen LogP contribution in [0.15, 0.2) is 24.4 Å². The van der Waals surface area contributed by atoms with Gasteiger partial charge in [0.15, 0.2) is 0 Å². The molecule has 1 aromatic carbocycles. The first-order valence-corrected chi connectivity index (χ1v) is 5.57. The van der Waals surface area contributed by atoms with Crippen LogP contribution in [0.1, 0.15) is 19.0 Å². The smallest absolute Gasteiger partial charge is 0.135 e. The molecule has 1 heterocycles. The van der Waals surface area contributed by atoms with E-state index in [4.69, 9.17) is 0 Å². The number of aromatic nitrogens is 2. The second-order valence-electron chi connectivity index (χ2n) is 3.91. The van der Waals surface area contributed by atoms with Crippen LogP contribution in [0, 0.1) is 18.6 Å². The summed E-state index contributed by atoms with van der Waals surface area (Å²) < 4.78 is 27.9. The molecule has 0 fully saturated rings. The topological polar surface area (TPSA) is 38.0 Å². The van der Waals surface area contributed by atoms with Crippen LogP contribution in [-0.4, -0.2) is 14.7 Å². The van der Waals surface area contributed by atoms with E-state index in [2.05, 4.69) is 11.9 Å². The maximum Gasteiger partial charge on any atom is 0.135 e. The van der Waals surface area contributed by atoms with Crippen LogP contribution >= 0.6 is 0 Å². The fourth-order valence-electron chi connectivity index (χ4n) is 1.78. The summed E-state index contributed by atoms with van der Waals surface area (Å²) in [5.41, 5.74) is 0.553. The molecule has 1 unspecified atom stereocenters. The van der Waals surface area contributed by atoms with Gasteiger partial charge in [0.2, 0.25) is 0 Å². The van der Waals surface area contributed by atoms with Crippen LogP contribution in [0.3, 0.4) is 0 Å². The Balaban J connectivity index is 2.51. The second-order valence-corrected chi connectivity index (χ2v) is 3.91. The molecule has 0 bridgehead atoms. The fourth-order valence-corrected chi connectivity index (χ4v) is 1.78. The number of aliphatic hydroxyl groups excluding tert-OH is 1. The first kappa shape index (κ1) is 12.7. The van der Waals surface area contributed by atoms with Gasteiger partial charge in [0.25, 0.3) is 0 Å². The number of hydrogen-bond donors (Lipinski definition) is 1. The van der Waals surface area contributed by atoms with Crippen molar-refractivity contribution < 1.29 is 13.9 Å². The Labute approximate surface area is 104 Å². The van der Waals surface area contributed by atoms with Crippen LogP contribution in [0.4, 0.5) is 8.78 Å². The molecule has 3 nitrogen and oxygen atoms in total. The highest BCUT2D eigenvalue weighted by Gasteiger charge is 2.14. The van der Waals surface area contributed by atoms with Gasteiger partial charge < -0.3 is 9.67 Å². The number of hydrogen-bond acceptors (Lipinski definition) is 2. The molecule has 95 valence electrons. The largest absolute Gasteiger partial charge is 0.373 e. The lowest BCUT2D eigenvalue weighted by atomic mass is 10.1. The summed E-state index contributed by atoms with van der Waals surface area (Å²) >= 11 is 0. The molecule has 0 saturated carbocycles. The Kier molecular flexibility index (Phi) is 3.43. The lowest BCUT2D eigenvalue weighted by Gasteiger charge is -2.07. The minimum Gasteiger partial charge on any atom is -0.373 e. The number of rotatable bonds is 3.